The molecule has 164 valence electrons. The first-order valence-electron chi connectivity index (χ1n) is 10.2. The molecule has 31 heavy (non-hydrogen) atoms. The highest BCUT2D eigenvalue weighted by atomic mass is 35.5. The van der Waals surface area contributed by atoms with Gasteiger partial charge in [0.1, 0.15) is 17.8 Å². The lowest BCUT2D eigenvalue weighted by Gasteiger charge is -2.40. The Bertz CT molecular complexity index is 1040. The minimum Gasteiger partial charge on any atom is -0.395 e. The van der Waals surface area contributed by atoms with Crippen LogP contribution in [0.25, 0.3) is 11.0 Å². The Labute approximate surface area is 190 Å². The summed E-state index contributed by atoms with van der Waals surface area (Å²) < 4.78 is 0. The summed E-state index contributed by atoms with van der Waals surface area (Å²) in [5, 5.41) is 14.7. The third-order valence-corrected chi connectivity index (χ3v) is 5.88. The molecule has 1 fully saturated rings. The highest BCUT2D eigenvalue weighted by Gasteiger charge is 2.29. The number of aromatic nitrogens is 3. The third-order valence-electron chi connectivity index (χ3n) is 5.44. The van der Waals surface area contributed by atoms with Gasteiger partial charge in [-0.2, -0.15) is 0 Å². The smallest absolute Gasteiger partial charge is 0.241 e. The summed E-state index contributed by atoms with van der Waals surface area (Å²) >= 11 is 12.1. The molecule has 0 bridgehead atoms. The van der Waals surface area contributed by atoms with Crippen LogP contribution in [-0.4, -0.2) is 69.7 Å². The summed E-state index contributed by atoms with van der Waals surface area (Å²) in [5.41, 5.74) is 1.46. The molecule has 3 heterocycles. The normalized spacial score (nSPS) is 16.5. The standard InChI is InChI=1S/C21H24Cl2N6O2/c22-14-8-15(23)10-16(9-14)25-11-19(31)28-5-1-2-17(12-28)29(6-7-30)21-18-3-4-24-20(18)26-13-27-21/h3-4,8-10,13,17,25,30H,1-2,5-7,11-12H2,(H,24,26,27)/t17-/m1/s1. The first-order chi connectivity index (χ1) is 15.0. The molecule has 1 aliphatic rings. The molecule has 1 atom stereocenters. The van der Waals surface area contributed by atoms with Gasteiger partial charge in [-0.3, -0.25) is 4.79 Å². The van der Waals surface area contributed by atoms with E-state index in [2.05, 4.69) is 25.2 Å². The number of anilines is 2. The highest BCUT2D eigenvalue weighted by molar-refractivity contribution is 6.35. The van der Waals surface area contributed by atoms with Crippen molar-refractivity contribution in [2.24, 2.45) is 0 Å². The Balaban J connectivity index is 1.46. The van der Waals surface area contributed by atoms with E-state index in [0.717, 1.165) is 29.7 Å². The van der Waals surface area contributed by atoms with Crippen LogP contribution < -0.4 is 10.2 Å². The molecule has 2 aromatic heterocycles. The number of halogens is 2. The zero-order valence-corrected chi connectivity index (χ0v) is 18.4. The lowest BCUT2D eigenvalue weighted by atomic mass is 10.0. The van der Waals surface area contributed by atoms with Crippen molar-refractivity contribution in [2.75, 3.05) is 43.0 Å². The Kier molecular flexibility index (Phi) is 6.80. The zero-order valence-electron chi connectivity index (χ0n) is 16.9. The molecule has 1 aliphatic heterocycles. The number of carbonyl (C=O) groups is 1. The van der Waals surface area contributed by atoms with Crippen LogP contribution >= 0.6 is 23.2 Å². The molecular weight excluding hydrogens is 439 g/mol. The number of aliphatic hydroxyl groups is 1. The Morgan fingerprint density at radius 2 is 2.10 bits per heavy atom. The first kappa shape index (κ1) is 21.7. The highest BCUT2D eigenvalue weighted by Crippen LogP contribution is 2.27. The van der Waals surface area contributed by atoms with Gasteiger partial charge in [-0.1, -0.05) is 23.2 Å². The molecule has 0 saturated carbocycles. The summed E-state index contributed by atoms with van der Waals surface area (Å²) in [4.78, 5) is 28.6. The van der Waals surface area contributed by atoms with E-state index < -0.39 is 0 Å². The molecule has 1 aromatic carbocycles. The molecule has 0 radical (unpaired) electrons. The maximum atomic E-state index is 12.9. The number of piperidine rings is 1. The molecule has 4 rings (SSSR count). The topological polar surface area (TPSA) is 97.4 Å². The van der Waals surface area contributed by atoms with Gasteiger partial charge in [0.05, 0.1) is 18.5 Å². The minimum absolute atomic E-state index is 0.000717. The SMILES string of the molecule is O=C(CNc1cc(Cl)cc(Cl)c1)N1CCC[C@@H](N(CCO)c2ncnc3[nH]ccc23)C1. The lowest BCUT2D eigenvalue weighted by molar-refractivity contribution is -0.130. The fourth-order valence-corrected chi connectivity index (χ4v) is 4.56. The molecule has 10 heteroatoms. The van der Waals surface area contributed by atoms with Gasteiger partial charge in [0.2, 0.25) is 5.91 Å². The molecule has 1 saturated heterocycles. The molecule has 0 unspecified atom stereocenters. The Morgan fingerprint density at radius 3 is 2.87 bits per heavy atom. The number of hydrogen-bond acceptors (Lipinski definition) is 6. The second kappa shape index (κ2) is 9.72. The van der Waals surface area contributed by atoms with Crippen LogP contribution in [0, 0.1) is 0 Å². The van der Waals surface area contributed by atoms with Crippen molar-refractivity contribution in [2.45, 2.75) is 18.9 Å². The summed E-state index contributed by atoms with van der Waals surface area (Å²) in [6, 6.07) is 7.11. The van der Waals surface area contributed by atoms with Crippen LogP contribution in [0.4, 0.5) is 11.5 Å². The van der Waals surface area contributed by atoms with Gasteiger partial charge in [-0.25, -0.2) is 9.97 Å². The number of aromatic amines is 1. The fourth-order valence-electron chi connectivity index (χ4n) is 4.04. The number of nitrogens with one attached hydrogen (secondary N) is 2. The quantitative estimate of drug-likeness (QED) is 0.498. The van der Waals surface area contributed by atoms with Crippen LogP contribution in [0.2, 0.25) is 10.0 Å². The average Bonchev–Trinajstić information content (AvgIpc) is 3.24. The van der Waals surface area contributed by atoms with Gasteiger partial charge >= 0.3 is 0 Å². The summed E-state index contributed by atoms with van der Waals surface area (Å²) in [5.74, 6) is 0.769. The van der Waals surface area contributed by atoms with E-state index in [9.17, 15) is 9.90 Å². The average molecular weight is 463 g/mol. The van der Waals surface area contributed by atoms with Gasteiger partial charge in [-0.05, 0) is 37.1 Å². The number of nitrogens with zero attached hydrogens (tertiary/aromatic N) is 4. The summed E-state index contributed by atoms with van der Waals surface area (Å²) in [7, 11) is 0. The molecule has 0 aliphatic carbocycles. The minimum atomic E-state index is -0.00253. The zero-order chi connectivity index (χ0) is 21.8. The number of likely N-dealkylation sites (tertiary alicyclic amines) is 1. The van der Waals surface area contributed by atoms with E-state index in [4.69, 9.17) is 23.2 Å². The third kappa shape index (κ3) is 5.03. The second-order valence-electron chi connectivity index (χ2n) is 7.50. The molecule has 8 nitrogen and oxygen atoms in total. The number of carbonyl (C=O) groups excluding carboxylic acids is 1. The van der Waals surface area contributed by atoms with E-state index >= 15 is 0 Å². The van der Waals surface area contributed by atoms with Crippen LogP contribution in [0.3, 0.4) is 0 Å². The van der Waals surface area contributed by atoms with E-state index in [1.807, 2.05) is 17.2 Å². The monoisotopic (exact) mass is 462 g/mol. The van der Waals surface area contributed by atoms with Crippen LogP contribution in [0.5, 0.6) is 0 Å². The van der Waals surface area contributed by atoms with Gasteiger partial charge in [-0.15, -0.1) is 0 Å². The summed E-state index contributed by atoms with van der Waals surface area (Å²) in [6.07, 6.45) is 5.13. The largest absolute Gasteiger partial charge is 0.395 e. The number of benzene rings is 1. The van der Waals surface area contributed by atoms with Crippen molar-refractivity contribution in [3.05, 3.63) is 46.8 Å². The van der Waals surface area contributed by atoms with Crippen molar-refractivity contribution in [1.82, 2.24) is 19.9 Å². The van der Waals surface area contributed by atoms with E-state index in [1.165, 1.54) is 6.33 Å². The lowest BCUT2D eigenvalue weighted by Crippen LogP contribution is -2.52. The fraction of sp³-hybridized carbons (Fsp3) is 0.381. The number of hydrogen-bond donors (Lipinski definition) is 3. The number of fused-ring (bicyclic) bond motifs is 1. The van der Waals surface area contributed by atoms with Crippen molar-refractivity contribution in [1.29, 1.82) is 0 Å². The van der Waals surface area contributed by atoms with Gasteiger partial charge < -0.3 is 25.2 Å². The van der Waals surface area contributed by atoms with Crippen molar-refractivity contribution in [3.8, 4) is 0 Å². The maximum Gasteiger partial charge on any atom is 0.241 e. The van der Waals surface area contributed by atoms with Gasteiger partial charge in [0.15, 0.2) is 0 Å². The maximum absolute atomic E-state index is 12.9. The van der Waals surface area contributed by atoms with Crippen molar-refractivity contribution in [3.63, 3.8) is 0 Å². The van der Waals surface area contributed by atoms with Gasteiger partial charge in [0, 0.05) is 47.6 Å². The Morgan fingerprint density at radius 1 is 1.29 bits per heavy atom. The van der Waals surface area contributed by atoms with E-state index in [-0.39, 0.29) is 25.1 Å². The van der Waals surface area contributed by atoms with Crippen LogP contribution in [0.15, 0.2) is 36.8 Å². The van der Waals surface area contributed by atoms with Crippen LogP contribution in [0.1, 0.15) is 12.8 Å². The van der Waals surface area contributed by atoms with Crippen molar-refractivity contribution < 1.29 is 9.90 Å². The predicted molar refractivity (Wildman–Crippen MR) is 123 cm³/mol. The first-order valence-corrected chi connectivity index (χ1v) is 10.9. The summed E-state index contributed by atoms with van der Waals surface area (Å²) in [6.45, 7) is 1.84. The Hall–Kier alpha value is -2.55. The van der Waals surface area contributed by atoms with E-state index in [0.29, 0.717) is 35.4 Å². The molecular formula is C21H24Cl2N6O2. The van der Waals surface area contributed by atoms with Crippen LogP contribution in [-0.2, 0) is 4.79 Å². The molecule has 3 aromatic rings. The van der Waals surface area contributed by atoms with Gasteiger partial charge in [0.25, 0.3) is 0 Å². The number of rotatable bonds is 7. The van der Waals surface area contributed by atoms with E-state index in [1.54, 1.807) is 18.2 Å². The van der Waals surface area contributed by atoms with Crippen molar-refractivity contribution >= 4 is 51.6 Å². The molecule has 1 amide bonds. The number of aliphatic hydroxyl groups excluding tert-OH is 1. The second-order valence-corrected chi connectivity index (χ2v) is 8.37. The number of H-pyrrole nitrogens is 1. The molecule has 3 N–H and O–H groups in total. The molecule has 0 spiro atoms. The number of amides is 1. The predicted octanol–water partition coefficient (Wildman–Crippen LogP) is 3.17.